The average molecular weight is 340 g/mol. The van der Waals surface area contributed by atoms with E-state index in [2.05, 4.69) is 0 Å². The first-order valence-corrected chi connectivity index (χ1v) is 8.18. The van der Waals surface area contributed by atoms with Crippen LogP contribution in [-0.2, 0) is 15.0 Å². The molecule has 0 aliphatic carbocycles. The highest BCUT2D eigenvalue weighted by molar-refractivity contribution is 6.20. The molecule has 0 spiro atoms. The fourth-order valence-electron chi connectivity index (χ4n) is 3.09. The van der Waals surface area contributed by atoms with Gasteiger partial charge in [0, 0.05) is 0 Å². The third kappa shape index (κ3) is 3.41. The maximum absolute atomic E-state index is 13.4. The second kappa shape index (κ2) is 6.54. The predicted molar refractivity (Wildman–Crippen MR) is 96.3 cm³/mol. The second-order valence-electron chi connectivity index (χ2n) is 7.26. The molecule has 25 heavy (non-hydrogen) atoms. The second-order valence-corrected chi connectivity index (χ2v) is 7.26. The van der Waals surface area contributed by atoms with Crippen molar-refractivity contribution in [3.63, 3.8) is 0 Å². The molecule has 0 radical (unpaired) electrons. The first-order valence-electron chi connectivity index (χ1n) is 8.18. The van der Waals surface area contributed by atoms with Crippen molar-refractivity contribution in [1.29, 1.82) is 0 Å². The van der Waals surface area contributed by atoms with Gasteiger partial charge in [-0.3, -0.25) is 9.59 Å². The lowest BCUT2D eigenvalue weighted by Crippen LogP contribution is -2.58. The van der Waals surface area contributed by atoms with Gasteiger partial charge in [0.1, 0.15) is 16.6 Å². The Labute approximate surface area is 148 Å². The number of carbonyl (C=O) groups is 2. The van der Waals surface area contributed by atoms with Gasteiger partial charge in [0.25, 0.3) is 0 Å². The number of ketones is 2. The van der Waals surface area contributed by atoms with Crippen molar-refractivity contribution in [2.45, 2.75) is 44.3 Å². The number of aliphatic hydroxyl groups is 2. The van der Waals surface area contributed by atoms with E-state index < -0.39 is 28.2 Å². The highest BCUT2D eigenvalue weighted by Gasteiger charge is 2.56. The molecule has 0 aromatic heterocycles. The lowest BCUT2D eigenvalue weighted by atomic mass is 9.62. The molecule has 0 amide bonds. The first-order chi connectivity index (χ1) is 11.5. The molecular formula is C21H24O4. The minimum Gasteiger partial charge on any atom is -0.383 e. The van der Waals surface area contributed by atoms with Crippen LogP contribution in [0.25, 0.3) is 0 Å². The van der Waals surface area contributed by atoms with Gasteiger partial charge < -0.3 is 10.2 Å². The minimum atomic E-state index is -1.81. The van der Waals surface area contributed by atoms with E-state index in [-0.39, 0.29) is 0 Å². The van der Waals surface area contributed by atoms with Crippen molar-refractivity contribution in [3.8, 4) is 0 Å². The van der Waals surface area contributed by atoms with Crippen LogP contribution in [-0.4, -0.2) is 33.0 Å². The molecule has 2 rings (SSSR count). The summed E-state index contributed by atoms with van der Waals surface area (Å²) in [7, 11) is 0. The number of hydrogen-bond acceptors (Lipinski definition) is 4. The molecule has 0 fully saturated rings. The van der Waals surface area contributed by atoms with E-state index in [0.29, 0.717) is 11.1 Å². The molecular weight excluding hydrogens is 316 g/mol. The lowest BCUT2D eigenvalue weighted by Gasteiger charge is -2.39. The molecule has 0 aliphatic heterocycles. The van der Waals surface area contributed by atoms with Gasteiger partial charge in [-0.05, 0) is 38.8 Å². The van der Waals surface area contributed by atoms with Crippen LogP contribution in [0.5, 0.6) is 0 Å². The lowest BCUT2D eigenvalue weighted by molar-refractivity contribution is -0.151. The minimum absolute atomic E-state index is 0.417. The Morgan fingerprint density at radius 3 is 1.16 bits per heavy atom. The van der Waals surface area contributed by atoms with Crippen LogP contribution in [0.15, 0.2) is 60.7 Å². The Morgan fingerprint density at radius 1 is 0.640 bits per heavy atom. The zero-order valence-electron chi connectivity index (χ0n) is 15.0. The predicted octanol–water partition coefficient (Wildman–Crippen LogP) is 2.65. The van der Waals surface area contributed by atoms with Gasteiger partial charge in [0.2, 0.25) is 0 Å². The quantitative estimate of drug-likeness (QED) is 0.793. The van der Waals surface area contributed by atoms with Crippen molar-refractivity contribution in [2.24, 2.45) is 0 Å². The number of carbonyl (C=O) groups excluding carboxylic acids is 2. The van der Waals surface area contributed by atoms with Crippen LogP contribution >= 0.6 is 0 Å². The van der Waals surface area contributed by atoms with E-state index >= 15 is 0 Å². The summed E-state index contributed by atoms with van der Waals surface area (Å²) in [6.45, 7) is 5.42. The van der Waals surface area contributed by atoms with Gasteiger partial charge in [-0.15, -0.1) is 0 Å². The Hall–Kier alpha value is -2.30. The number of rotatable bonds is 6. The SMILES string of the molecule is CC(C)(O)C(=O)C(C(=O)C(C)(C)O)(c1ccccc1)c1ccccc1. The normalized spacial score (nSPS) is 12.7. The number of benzene rings is 2. The highest BCUT2D eigenvalue weighted by Crippen LogP contribution is 2.40. The van der Waals surface area contributed by atoms with E-state index in [1.165, 1.54) is 27.7 Å². The topological polar surface area (TPSA) is 74.6 Å². The monoisotopic (exact) mass is 340 g/mol. The van der Waals surface area contributed by atoms with Gasteiger partial charge in [-0.2, -0.15) is 0 Å². The summed E-state index contributed by atoms with van der Waals surface area (Å²) in [4.78, 5) is 26.8. The van der Waals surface area contributed by atoms with Crippen LogP contribution < -0.4 is 0 Å². The van der Waals surface area contributed by atoms with Crippen LogP contribution in [0.2, 0.25) is 0 Å². The van der Waals surface area contributed by atoms with Crippen LogP contribution in [0.3, 0.4) is 0 Å². The highest BCUT2D eigenvalue weighted by atomic mass is 16.3. The third-order valence-corrected chi connectivity index (χ3v) is 4.21. The molecule has 0 bridgehead atoms. The molecule has 4 nitrogen and oxygen atoms in total. The van der Waals surface area contributed by atoms with Gasteiger partial charge in [0.15, 0.2) is 11.6 Å². The van der Waals surface area contributed by atoms with Crippen molar-refractivity contribution in [3.05, 3.63) is 71.8 Å². The van der Waals surface area contributed by atoms with E-state index in [9.17, 15) is 19.8 Å². The molecule has 0 saturated heterocycles. The standard InChI is InChI=1S/C21H24O4/c1-19(2,24)17(22)21(18(23)20(3,4)25,15-11-7-5-8-12-15)16-13-9-6-10-14-16/h5-14,24-25H,1-4H3. The fraction of sp³-hybridized carbons (Fsp3) is 0.333. The fourth-order valence-corrected chi connectivity index (χ4v) is 3.09. The molecule has 132 valence electrons. The van der Waals surface area contributed by atoms with Gasteiger partial charge >= 0.3 is 0 Å². The van der Waals surface area contributed by atoms with Crippen molar-refractivity contribution in [2.75, 3.05) is 0 Å². The zero-order chi connectivity index (χ0) is 18.9. The van der Waals surface area contributed by atoms with E-state index in [1.54, 1.807) is 60.7 Å². The van der Waals surface area contributed by atoms with E-state index in [4.69, 9.17) is 0 Å². The molecule has 0 saturated carbocycles. The average Bonchev–Trinajstić information content (AvgIpc) is 2.55. The maximum Gasteiger partial charge on any atom is 0.186 e. The Bertz CT molecular complexity index is 682. The molecule has 2 N–H and O–H groups in total. The van der Waals surface area contributed by atoms with Crippen molar-refractivity contribution >= 4 is 11.6 Å². The summed E-state index contributed by atoms with van der Waals surface area (Å²) in [6, 6.07) is 17.1. The zero-order valence-corrected chi connectivity index (χ0v) is 15.0. The molecule has 2 aromatic carbocycles. The summed E-state index contributed by atoms with van der Waals surface area (Å²) in [5.74, 6) is -1.35. The molecule has 0 aliphatic rings. The molecule has 0 unspecified atom stereocenters. The summed E-state index contributed by atoms with van der Waals surface area (Å²) < 4.78 is 0. The van der Waals surface area contributed by atoms with Gasteiger partial charge in [-0.25, -0.2) is 0 Å². The first kappa shape index (κ1) is 19.0. The summed E-state index contributed by atoms with van der Waals surface area (Å²) in [5.41, 5.74) is -4.51. The largest absolute Gasteiger partial charge is 0.383 e. The Balaban J connectivity index is 2.94. The van der Waals surface area contributed by atoms with Crippen molar-refractivity contribution < 1.29 is 19.8 Å². The van der Waals surface area contributed by atoms with Gasteiger partial charge in [-0.1, -0.05) is 60.7 Å². The van der Waals surface area contributed by atoms with Gasteiger partial charge in [0.05, 0.1) is 0 Å². The summed E-state index contributed by atoms with van der Waals surface area (Å²) in [6.07, 6.45) is 0. The Kier molecular flexibility index (Phi) is 4.98. The van der Waals surface area contributed by atoms with Crippen molar-refractivity contribution in [1.82, 2.24) is 0 Å². The maximum atomic E-state index is 13.4. The summed E-state index contributed by atoms with van der Waals surface area (Å²) in [5, 5.41) is 21.0. The summed E-state index contributed by atoms with van der Waals surface area (Å²) >= 11 is 0. The third-order valence-electron chi connectivity index (χ3n) is 4.21. The Morgan fingerprint density at radius 2 is 0.920 bits per heavy atom. The molecule has 0 heterocycles. The van der Waals surface area contributed by atoms with E-state index in [1.807, 2.05) is 0 Å². The van der Waals surface area contributed by atoms with E-state index in [0.717, 1.165) is 0 Å². The van der Waals surface area contributed by atoms with Crippen LogP contribution in [0, 0.1) is 0 Å². The number of hydrogen-bond donors (Lipinski definition) is 2. The molecule has 2 aromatic rings. The molecule has 4 heteroatoms. The number of Topliss-reactive ketones (excluding diaryl/α,β-unsaturated/α-hetero) is 2. The van der Waals surface area contributed by atoms with Crippen LogP contribution in [0.4, 0.5) is 0 Å². The molecule has 0 atom stereocenters. The van der Waals surface area contributed by atoms with Crippen LogP contribution in [0.1, 0.15) is 38.8 Å². The smallest absolute Gasteiger partial charge is 0.186 e.